The standard InChI is InChI=1S/C18H33N3O3S/c1-11(2)15-14(17(3,4)5)13-9-12(20-25(22,23)24)10-21(13)16(19-15)18(6,7)8/h11-12,15,20H,9-10H2,1-8H3,(H,22,23,24)/t12-,15-/m0/s1. The van der Waals surface area contributed by atoms with E-state index in [-0.39, 0.29) is 22.9 Å². The van der Waals surface area contributed by atoms with Gasteiger partial charge in [-0.3, -0.25) is 9.55 Å². The van der Waals surface area contributed by atoms with Crippen LogP contribution in [0.5, 0.6) is 0 Å². The number of hydrogen-bond donors (Lipinski definition) is 2. The van der Waals surface area contributed by atoms with Crippen LogP contribution in [0.25, 0.3) is 0 Å². The van der Waals surface area contributed by atoms with Crippen LogP contribution in [0.2, 0.25) is 0 Å². The third-order valence-corrected chi connectivity index (χ3v) is 5.35. The second kappa shape index (κ2) is 6.35. The van der Waals surface area contributed by atoms with E-state index in [1.807, 2.05) is 0 Å². The van der Waals surface area contributed by atoms with Crippen LogP contribution in [-0.2, 0) is 10.3 Å². The Kier molecular flexibility index (Phi) is 5.18. The molecule has 0 saturated carbocycles. The molecule has 0 aromatic carbocycles. The highest BCUT2D eigenvalue weighted by atomic mass is 32.2. The fourth-order valence-electron chi connectivity index (χ4n) is 3.89. The van der Waals surface area contributed by atoms with Gasteiger partial charge in [-0.05, 0) is 16.9 Å². The first kappa shape index (κ1) is 20.4. The molecule has 0 aliphatic carbocycles. The zero-order chi connectivity index (χ0) is 19.4. The highest BCUT2D eigenvalue weighted by Gasteiger charge is 2.44. The first-order chi connectivity index (χ1) is 11.1. The van der Waals surface area contributed by atoms with Crippen molar-refractivity contribution in [2.75, 3.05) is 6.54 Å². The summed E-state index contributed by atoms with van der Waals surface area (Å²) in [5.74, 6) is 1.35. The minimum Gasteiger partial charge on any atom is -0.332 e. The molecular weight excluding hydrogens is 338 g/mol. The van der Waals surface area contributed by atoms with E-state index < -0.39 is 10.3 Å². The summed E-state index contributed by atoms with van der Waals surface area (Å²) in [4.78, 5) is 7.29. The Labute approximate surface area is 152 Å². The van der Waals surface area contributed by atoms with Crippen LogP contribution < -0.4 is 4.72 Å². The average molecular weight is 372 g/mol. The molecule has 6 nitrogen and oxygen atoms in total. The summed E-state index contributed by atoms with van der Waals surface area (Å²) in [6, 6.07) is -0.259. The van der Waals surface area contributed by atoms with Gasteiger partial charge in [0.05, 0.1) is 6.04 Å². The molecule has 1 fully saturated rings. The minimum atomic E-state index is -4.23. The molecule has 2 aliphatic rings. The first-order valence-corrected chi connectivity index (χ1v) is 10.4. The normalized spacial score (nSPS) is 25.5. The smallest absolute Gasteiger partial charge is 0.332 e. The maximum Gasteiger partial charge on any atom is 0.333 e. The SMILES string of the molecule is CC(C)[C@@H]1N=C(C(C)(C)C)N2C[C@@H](NS(=O)(=O)O)CC2=C1C(C)(C)C. The van der Waals surface area contributed by atoms with Crippen molar-refractivity contribution in [3.8, 4) is 0 Å². The van der Waals surface area contributed by atoms with Gasteiger partial charge in [-0.15, -0.1) is 0 Å². The Morgan fingerprint density at radius 3 is 2.12 bits per heavy atom. The van der Waals surface area contributed by atoms with Gasteiger partial charge in [-0.25, -0.2) is 0 Å². The predicted octanol–water partition coefficient (Wildman–Crippen LogP) is 3.24. The van der Waals surface area contributed by atoms with Gasteiger partial charge in [0.1, 0.15) is 5.84 Å². The maximum absolute atomic E-state index is 11.3. The number of nitrogens with one attached hydrogen (secondary N) is 1. The lowest BCUT2D eigenvalue weighted by molar-refractivity contribution is 0.358. The molecule has 0 aromatic heterocycles. The fraction of sp³-hybridized carbons (Fsp3) is 0.833. The molecular formula is C18H33N3O3S. The van der Waals surface area contributed by atoms with E-state index in [0.29, 0.717) is 18.9 Å². The Bertz CT molecular complexity index is 694. The van der Waals surface area contributed by atoms with Gasteiger partial charge in [0.15, 0.2) is 0 Å². The third-order valence-electron chi connectivity index (χ3n) is 4.72. The molecule has 2 aliphatic heterocycles. The molecule has 0 bridgehead atoms. The summed E-state index contributed by atoms with van der Waals surface area (Å²) in [5.41, 5.74) is 2.22. The van der Waals surface area contributed by atoms with Crippen LogP contribution in [0, 0.1) is 16.7 Å². The van der Waals surface area contributed by atoms with Gasteiger partial charge in [0.25, 0.3) is 0 Å². The van der Waals surface area contributed by atoms with Crippen LogP contribution >= 0.6 is 0 Å². The van der Waals surface area contributed by atoms with E-state index in [4.69, 9.17) is 4.99 Å². The van der Waals surface area contributed by atoms with Gasteiger partial charge in [0.2, 0.25) is 0 Å². The zero-order valence-electron chi connectivity index (χ0n) is 16.7. The van der Waals surface area contributed by atoms with Gasteiger partial charge < -0.3 is 4.90 Å². The molecule has 0 amide bonds. The van der Waals surface area contributed by atoms with Crippen molar-refractivity contribution in [3.05, 3.63) is 11.3 Å². The Balaban J connectivity index is 2.58. The van der Waals surface area contributed by atoms with Gasteiger partial charge >= 0.3 is 10.3 Å². The van der Waals surface area contributed by atoms with Crippen molar-refractivity contribution >= 4 is 16.1 Å². The molecule has 25 heavy (non-hydrogen) atoms. The quantitative estimate of drug-likeness (QED) is 0.746. The van der Waals surface area contributed by atoms with E-state index in [2.05, 4.69) is 65.0 Å². The molecule has 2 N–H and O–H groups in total. The minimum absolute atomic E-state index is 0.0670. The molecule has 2 atom stereocenters. The van der Waals surface area contributed by atoms with E-state index in [1.165, 1.54) is 5.57 Å². The van der Waals surface area contributed by atoms with E-state index >= 15 is 0 Å². The molecule has 2 rings (SSSR count). The third kappa shape index (κ3) is 4.44. The van der Waals surface area contributed by atoms with Gasteiger partial charge in [-0.2, -0.15) is 13.1 Å². The van der Waals surface area contributed by atoms with E-state index in [0.717, 1.165) is 11.5 Å². The zero-order valence-corrected chi connectivity index (χ0v) is 17.5. The fourth-order valence-corrected chi connectivity index (χ4v) is 4.47. The topological polar surface area (TPSA) is 82.0 Å². The number of amidine groups is 1. The monoisotopic (exact) mass is 371 g/mol. The number of rotatable bonds is 3. The number of hydrogen-bond acceptors (Lipinski definition) is 4. The summed E-state index contributed by atoms with van der Waals surface area (Å²) in [6.07, 6.45) is 0.574. The summed E-state index contributed by atoms with van der Waals surface area (Å²) in [5, 5.41) is 0. The number of aliphatic imine (C=N–C) groups is 1. The van der Waals surface area contributed by atoms with Crippen molar-refractivity contribution in [3.63, 3.8) is 0 Å². The highest BCUT2D eigenvalue weighted by Crippen LogP contribution is 2.44. The second-order valence-electron chi connectivity index (χ2n) is 9.61. The Morgan fingerprint density at radius 1 is 1.16 bits per heavy atom. The van der Waals surface area contributed by atoms with Crippen LogP contribution in [0.1, 0.15) is 61.8 Å². The summed E-state index contributed by atoms with van der Waals surface area (Å²) in [7, 11) is -4.23. The summed E-state index contributed by atoms with van der Waals surface area (Å²) >= 11 is 0. The molecule has 7 heteroatoms. The summed E-state index contributed by atoms with van der Waals surface area (Å²) < 4.78 is 34.2. The molecule has 2 heterocycles. The highest BCUT2D eigenvalue weighted by molar-refractivity contribution is 7.83. The van der Waals surface area contributed by atoms with Crippen LogP contribution in [0.4, 0.5) is 0 Å². The lowest BCUT2D eigenvalue weighted by Gasteiger charge is -2.43. The number of nitrogens with zero attached hydrogens (tertiary/aromatic N) is 2. The van der Waals surface area contributed by atoms with Crippen molar-refractivity contribution < 1.29 is 13.0 Å². The summed E-state index contributed by atoms with van der Waals surface area (Å²) in [6.45, 7) is 17.8. The molecule has 0 unspecified atom stereocenters. The number of fused-ring (bicyclic) bond motifs is 1. The Morgan fingerprint density at radius 2 is 1.72 bits per heavy atom. The molecule has 144 valence electrons. The average Bonchev–Trinajstić information content (AvgIpc) is 2.73. The first-order valence-electron chi connectivity index (χ1n) is 8.95. The molecule has 0 aromatic rings. The lowest BCUT2D eigenvalue weighted by atomic mass is 9.75. The van der Waals surface area contributed by atoms with Crippen LogP contribution in [0.3, 0.4) is 0 Å². The lowest BCUT2D eigenvalue weighted by Crippen LogP contribution is -2.46. The molecule has 0 spiro atoms. The van der Waals surface area contributed by atoms with Crippen molar-refractivity contribution in [2.24, 2.45) is 21.7 Å². The van der Waals surface area contributed by atoms with Crippen molar-refractivity contribution in [1.82, 2.24) is 9.62 Å². The molecule has 1 saturated heterocycles. The second-order valence-corrected chi connectivity index (χ2v) is 10.8. The van der Waals surface area contributed by atoms with Gasteiger partial charge in [0, 0.05) is 30.1 Å². The molecule has 0 radical (unpaired) electrons. The van der Waals surface area contributed by atoms with E-state index in [1.54, 1.807) is 0 Å². The largest absolute Gasteiger partial charge is 0.333 e. The Hall–Kier alpha value is -0.920. The van der Waals surface area contributed by atoms with Gasteiger partial charge in [-0.1, -0.05) is 55.4 Å². The maximum atomic E-state index is 11.3. The van der Waals surface area contributed by atoms with Crippen LogP contribution in [-0.4, -0.2) is 42.3 Å². The predicted molar refractivity (Wildman–Crippen MR) is 102 cm³/mol. The van der Waals surface area contributed by atoms with E-state index in [9.17, 15) is 13.0 Å². The van der Waals surface area contributed by atoms with Crippen molar-refractivity contribution in [1.29, 1.82) is 0 Å². The van der Waals surface area contributed by atoms with Crippen molar-refractivity contribution in [2.45, 2.75) is 73.9 Å². The van der Waals surface area contributed by atoms with Crippen LogP contribution in [0.15, 0.2) is 16.3 Å².